The molecule has 0 saturated heterocycles. The number of nitrogens with one attached hydrogen (secondary N) is 1. The highest BCUT2D eigenvalue weighted by atomic mass is 16.3. The average molecular weight is 235 g/mol. The molecule has 0 aliphatic heterocycles. The summed E-state index contributed by atoms with van der Waals surface area (Å²) in [7, 11) is 0. The maximum Gasteiger partial charge on any atom is 0.137 e. The summed E-state index contributed by atoms with van der Waals surface area (Å²) >= 11 is 0. The van der Waals surface area contributed by atoms with Gasteiger partial charge in [0, 0.05) is 16.8 Å². The number of hydrazone groups is 1. The number of furan rings is 1. The second-order valence-corrected chi connectivity index (χ2v) is 3.81. The third-order valence-electron chi connectivity index (χ3n) is 2.69. The molecule has 1 N–H and O–H groups in total. The largest absolute Gasteiger partial charge is 0.456 e. The number of rotatable bonds is 2. The lowest BCUT2D eigenvalue weighted by molar-refractivity contribution is 0.669. The van der Waals surface area contributed by atoms with E-state index in [0.717, 1.165) is 33.8 Å². The predicted molar refractivity (Wildman–Crippen MR) is 71.4 cm³/mol. The third-order valence-corrected chi connectivity index (χ3v) is 2.69. The molecule has 0 amide bonds. The Bertz CT molecular complexity index is 780. The molecule has 4 heteroatoms. The maximum atomic E-state index is 8.35. The molecule has 2 aromatic carbocycles. The normalized spacial score (nSPS) is 11.1. The number of benzene rings is 2. The molecule has 3 aromatic rings. The fourth-order valence-electron chi connectivity index (χ4n) is 1.93. The monoisotopic (exact) mass is 235 g/mol. The minimum absolute atomic E-state index is 0.785. The number of fused-ring (bicyclic) bond motifs is 3. The molecular weight excluding hydrogens is 226 g/mol. The quantitative estimate of drug-likeness (QED) is 0.546. The van der Waals surface area contributed by atoms with E-state index in [9.17, 15) is 0 Å². The van der Waals surface area contributed by atoms with Gasteiger partial charge >= 0.3 is 0 Å². The van der Waals surface area contributed by atoms with Crippen molar-refractivity contribution < 1.29 is 4.42 Å². The maximum absolute atomic E-state index is 8.35. The van der Waals surface area contributed by atoms with E-state index < -0.39 is 0 Å². The molecule has 0 aliphatic rings. The van der Waals surface area contributed by atoms with Crippen LogP contribution in [0.3, 0.4) is 0 Å². The first-order chi connectivity index (χ1) is 8.88. The SMILES string of the molecule is N#C/C=N\Nc1ccc2c(c1)oc1ccccc12. The summed E-state index contributed by atoms with van der Waals surface area (Å²) in [4.78, 5) is 0. The molecule has 86 valence electrons. The van der Waals surface area contributed by atoms with Crippen LogP contribution in [0.5, 0.6) is 0 Å². The summed E-state index contributed by atoms with van der Waals surface area (Å²) in [6, 6.07) is 15.5. The molecule has 1 heterocycles. The van der Waals surface area contributed by atoms with Gasteiger partial charge < -0.3 is 4.42 Å². The van der Waals surface area contributed by atoms with Gasteiger partial charge in [0.05, 0.1) is 5.69 Å². The van der Waals surface area contributed by atoms with Crippen molar-refractivity contribution in [3.63, 3.8) is 0 Å². The Morgan fingerprint density at radius 1 is 1.11 bits per heavy atom. The molecular formula is C14H9N3O. The Morgan fingerprint density at radius 2 is 1.94 bits per heavy atom. The molecule has 0 radical (unpaired) electrons. The van der Waals surface area contributed by atoms with Crippen molar-refractivity contribution in [1.82, 2.24) is 0 Å². The molecule has 0 fully saturated rings. The fourth-order valence-corrected chi connectivity index (χ4v) is 1.93. The Kier molecular flexibility index (Phi) is 2.43. The number of nitriles is 1. The van der Waals surface area contributed by atoms with Gasteiger partial charge in [-0.15, -0.1) is 0 Å². The minimum atomic E-state index is 0.785. The van der Waals surface area contributed by atoms with Crippen LogP contribution >= 0.6 is 0 Å². The number of hydrogen-bond acceptors (Lipinski definition) is 4. The van der Waals surface area contributed by atoms with Gasteiger partial charge in [-0.2, -0.15) is 10.4 Å². The fraction of sp³-hybridized carbons (Fsp3) is 0. The Balaban J connectivity index is 2.10. The van der Waals surface area contributed by atoms with E-state index in [0.29, 0.717) is 0 Å². The number of hydrogen-bond donors (Lipinski definition) is 1. The van der Waals surface area contributed by atoms with Gasteiger partial charge in [0.25, 0.3) is 0 Å². The zero-order valence-corrected chi connectivity index (χ0v) is 9.42. The van der Waals surface area contributed by atoms with Gasteiger partial charge in [-0.05, 0) is 18.2 Å². The lowest BCUT2D eigenvalue weighted by Crippen LogP contribution is -1.87. The van der Waals surface area contributed by atoms with Crippen LogP contribution in [-0.2, 0) is 0 Å². The summed E-state index contributed by atoms with van der Waals surface area (Å²) in [6.07, 6.45) is 1.14. The van der Waals surface area contributed by atoms with Crippen LogP contribution in [0.2, 0.25) is 0 Å². The first-order valence-electron chi connectivity index (χ1n) is 5.47. The van der Waals surface area contributed by atoms with Crippen molar-refractivity contribution in [2.45, 2.75) is 0 Å². The van der Waals surface area contributed by atoms with Gasteiger partial charge in [-0.25, -0.2) is 0 Å². The summed E-state index contributed by atoms with van der Waals surface area (Å²) < 4.78 is 5.74. The summed E-state index contributed by atoms with van der Waals surface area (Å²) in [5, 5.41) is 14.3. The molecule has 3 rings (SSSR count). The Labute approximate surface area is 103 Å². The van der Waals surface area contributed by atoms with Crippen molar-refractivity contribution >= 4 is 33.8 Å². The van der Waals surface area contributed by atoms with Crippen molar-refractivity contribution in [1.29, 1.82) is 5.26 Å². The van der Waals surface area contributed by atoms with Crippen LogP contribution in [-0.4, -0.2) is 6.21 Å². The van der Waals surface area contributed by atoms with Gasteiger partial charge in [0.2, 0.25) is 0 Å². The average Bonchev–Trinajstić information content (AvgIpc) is 2.76. The smallest absolute Gasteiger partial charge is 0.137 e. The molecule has 0 unspecified atom stereocenters. The van der Waals surface area contributed by atoms with Crippen molar-refractivity contribution in [2.75, 3.05) is 5.43 Å². The first kappa shape index (κ1) is 10.4. The zero-order valence-electron chi connectivity index (χ0n) is 9.42. The topological polar surface area (TPSA) is 61.3 Å². The van der Waals surface area contributed by atoms with E-state index in [1.165, 1.54) is 0 Å². The molecule has 0 spiro atoms. The molecule has 0 saturated carbocycles. The van der Waals surface area contributed by atoms with Gasteiger partial charge in [-0.3, -0.25) is 5.43 Å². The number of nitrogens with zero attached hydrogens (tertiary/aromatic N) is 2. The van der Waals surface area contributed by atoms with Crippen LogP contribution in [0.15, 0.2) is 52.0 Å². The summed E-state index contributed by atoms with van der Waals surface area (Å²) in [6.45, 7) is 0. The summed E-state index contributed by atoms with van der Waals surface area (Å²) in [5.74, 6) is 0. The van der Waals surface area contributed by atoms with Crippen molar-refractivity contribution in [3.8, 4) is 6.07 Å². The predicted octanol–water partition coefficient (Wildman–Crippen LogP) is 3.51. The van der Waals surface area contributed by atoms with E-state index >= 15 is 0 Å². The third kappa shape index (κ3) is 1.68. The lowest BCUT2D eigenvalue weighted by atomic mass is 10.1. The van der Waals surface area contributed by atoms with Gasteiger partial charge in [0.1, 0.15) is 23.4 Å². The second kappa shape index (κ2) is 4.22. The molecule has 18 heavy (non-hydrogen) atoms. The highest BCUT2D eigenvalue weighted by Crippen LogP contribution is 2.30. The van der Waals surface area contributed by atoms with E-state index in [2.05, 4.69) is 10.5 Å². The number of para-hydroxylation sites is 1. The van der Waals surface area contributed by atoms with Crippen molar-refractivity contribution in [2.24, 2.45) is 5.10 Å². The lowest BCUT2D eigenvalue weighted by Gasteiger charge is -1.98. The van der Waals surface area contributed by atoms with Crippen LogP contribution in [0.25, 0.3) is 21.9 Å². The van der Waals surface area contributed by atoms with E-state index in [-0.39, 0.29) is 0 Å². The van der Waals surface area contributed by atoms with Crippen LogP contribution < -0.4 is 5.43 Å². The first-order valence-corrected chi connectivity index (χ1v) is 5.47. The van der Waals surface area contributed by atoms with Crippen LogP contribution in [0.1, 0.15) is 0 Å². The van der Waals surface area contributed by atoms with E-state index in [4.69, 9.17) is 9.68 Å². The summed E-state index contributed by atoms with van der Waals surface area (Å²) in [5.41, 5.74) is 5.22. The zero-order chi connectivity index (χ0) is 12.4. The highest BCUT2D eigenvalue weighted by molar-refractivity contribution is 6.05. The molecule has 0 atom stereocenters. The Morgan fingerprint density at radius 3 is 2.83 bits per heavy atom. The molecule has 4 nitrogen and oxygen atoms in total. The van der Waals surface area contributed by atoms with Crippen molar-refractivity contribution in [3.05, 3.63) is 42.5 Å². The molecule has 0 aliphatic carbocycles. The minimum Gasteiger partial charge on any atom is -0.456 e. The highest BCUT2D eigenvalue weighted by Gasteiger charge is 2.06. The van der Waals surface area contributed by atoms with Gasteiger partial charge in [0.15, 0.2) is 0 Å². The molecule has 1 aromatic heterocycles. The van der Waals surface area contributed by atoms with Gasteiger partial charge in [-0.1, -0.05) is 18.2 Å². The van der Waals surface area contributed by atoms with E-state index in [1.54, 1.807) is 0 Å². The van der Waals surface area contributed by atoms with Crippen LogP contribution in [0.4, 0.5) is 5.69 Å². The molecule has 0 bridgehead atoms. The number of anilines is 1. The second-order valence-electron chi connectivity index (χ2n) is 3.81. The Hall–Kier alpha value is -2.80. The van der Waals surface area contributed by atoms with Crippen LogP contribution in [0, 0.1) is 11.3 Å². The standard InChI is InChI=1S/C14H9N3O/c15-7-8-16-17-10-5-6-12-11-3-1-2-4-13(11)18-14(12)9-10/h1-6,8-9,17H/b16-8-. The van der Waals surface area contributed by atoms with E-state index in [1.807, 2.05) is 48.5 Å².